The third-order valence-electron chi connectivity index (χ3n) is 4.66. The fraction of sp³-hybridized carbons (Fsp3) is 0.895. The number of nitrogens with one attached hydrogen (secondary N) is 2. The fourth-order valence-corrected chi connectivity index (χ4v) is 2.97. The van der Waals surface area contributed by atoms with Crippen molar-refractivity contribution in [2.24, 2.45) is 10.4 Å². The molecule has 1 atom stereocenters. The van der Waals surface area contributed by atoms with Gasteiger partial charge in [0.2, 0.25) is 5.91 Å². The molecule has 1 aliphatic heterocycles. The van der Waals surface area contributed by atoms with E-state index in [2.05, 4.69) is 48.1 Å². The monoisotopic (exact) mass is 385 g/mol. The summed E-state index contributed by atoms with van der Waals surface area (Å²) >= 11 is 0. The lowest BCUT2D eigenvalue weighted by Crippen LogP contribution is -2.54. The standard InChI is InChI=1S/C19H39N5O3/c1-7-20-18(22-14-16(27-6)19(2,3)4)24-11-9-23(10-12-24)15-17(25)21-8-13-26-5/h16H,7-15H2,1-6H3,(H,20,22)(H,21,25). The van der Waals surface area contributed by atoms with Gasteiger partial charge in [-0.05, 0) is 12.3 Å². The van der Waals surface area contributed by atoms with E-state index in [1.165, 1.54) is 0 Å². The second kappa shape index (κ2) is 12.2. The summed E-state index contributed by atoms with van der Waals surface area (Å²) in [7, 11) is 3.38. The molecule has 1 heterocycles. The molecule has 1 amide bonds. The van der Waals surface area contributed by atoms with Crippen LogP contribution in [0.5, 0.6) is 0 Å². The highest BCUT2D eigenvalue weighted by Gasteiger charge is 2.25. The Kier molecular flexibility index (Phi) is 10.6. The van der Waals surface area contributed by atoms with Crippen LogP contribution >= 0.6 is 0 Å². The Balaban J connectivity index is 2.53. The second-order valence-corrected chi connectivity index (χ2v) is 7.89. The number of hydrogen-bond acceptors (Lipinski definition) is 5. The molecule has 0 spiro atoms. The summed E-state index contributed by atoms with van der Waals surface area (Å²) in [6.45, 7) is 15.0. The van der Waals surface area contributed by atoms with Gasteiger partial charge in [-0.15, -0.1) is 0 Å². The largest absolute Gasteiger partial charge is 0.383 e. The van der Waals surface area contributed by atoms with Gasteiger partial charge < -0.3 is 25.0 Å². The Morgan fingerprint density at radius 1 is 1.15 bits per heavy atom. The summed E-state index contributed by atoms with van der Waals surface area (Å²) in [4.78, 5) is 21.2. The normalized spacial score (nSPS) is 17.7. The highest BCUT2D eigenvalue weighted by atomic mass is 16.5. The van der Waals surface area contributed by atoms with Gasteiger partial charge in [-0.2, -0.15) is 0 Å². The zero-order valence-corrected chi connectivity index (χ0v) is 18.0. The molecule has 0 radical (unpaired) electrons. The van der Waals surface area contributed by atoms with E-state index in [1.807, 2.05) is 0 Å². The van der Waals surface area contributed by atoms with Crippen LogP contribution in [0, 0.1) is 5.41 Å². The Hall–Kier alpha value is -1.38. The second-order valence-electron chi connectivity index (χ2n) is 7.89. The Morgan fingerprint density at radius 2 is 1.81 bits per heavy atom. The minimum atomic E-state index is 0.0461. The molecule has 27 heavy (non-hydrogen) atoms. The van der Waals surface area contributed by atoms with E-state index in [1.54, 1.807) is 14.2 Å². The van der Waals surface area contributed by atoms with Crippen molar-refractivity contribution in [3.05, 3.63) is 0 Å². The van der Waals surface area contributed by atoms with Crippen LogP contribution in [0.25, 0.3) is 0 Å². The Bertz CT molecular complexity index is 457. The van der Waals surface area contributed by atoms with Crippen LogP contribution in [0.3, 0.4) is 0 Å². The first kappa shape index (κ1) is 23.7. The van der Waals surface area contributed by atoms with Gasteiger partial charge in [0.1, 0.15) is 0 Å². The van der Waals surface area contributed by atoms with Gasteiger partial charge >= 0.3 is 0 Å². The zero-order chi connectivity index (χ0) is 20.3. The molecular weight excluding hydrogens is 346 g/mol. The number of carbonyl (C=O) groups excluding carboxylic acids is 1. The maximum Gasteiger partial charge on any atom is 0.234 e. The maximum atomic E-state index is 11.9. The van der Waals surface area contributed by atoms with Crippen molar-refractivity contribution >= 4 is 11.9 Å². The van der Waals surface area contributed by atoms with E-state index >= 15 is 0 Å². The Labute approximate surface area is 164 Å². The van der Waals surface area contributed by atoms with Crippen molar-refractivity contribution in [3.63, 3.8) is 0 Å². The number of ether oxygens (including phenoxy) is 2. The van der Waals surface area contributed by atoms with Crippen LogP contribution in [0.2, 0.25) is 0 Å². The number of guanidine groups is 1. The van der Waals surface area contributed by atoms with E-state index in [4.69, 9.17) is 14.5 Å². The lowest BCUT2D eigenvalue weighted by molar-refractivity contribution is -0.122. The molecule has 0 aromatic heterocycles. The van der Waals surface area contributed by atoms with Crippen molar-refractivity contribution in [1.82, 2.24) is 20.4 Å². The predicted molar refractivity (Wildman–Crippen MR) is 109 cm³/mol. The lowest BCUT2D eigenvalue weighted by atomic mass is 9.89. The molecule has 0 saturated carbocycles. The summed E-state index contributed by atoms with van der Waals surface area (Å²) < 4.78 is 10.6. The van der Waals surface area contributed by atoms with E-state index < -0.39 is 0 Å². The van der Waals surface area contributed by atoms with Crippen LogP contribution in [0.15, 0.2) is 4.99 Å². The van der Waals surface area contributed by atoms with Crippen LogP contribution in [-0.4, -0.2) is 101 Å². The molecule has 0 bridgehead atoms. The van der Waals surface area contributed by atoms with E-state index in [-0.39, 0.29) is 17.4 Å². The zero-order valence-electron chi connectivity index (χ0n) is 18.0. The van der Waals surface area contributed by atoms with E-state index in [0.29, 0.717) is 26.2 Å². The highest BCUT2D eigenvalue weighted by molar-refractivity contribution is 5.80. The molecule has 1 unspecified atom stereocenters. The van der Waals surface area contributed by atoms with E-state index in [9.17, 15) is 4.79 Å². The molecule has 8 nitrogen and oxygen atoms in total. The van der Waals surface area contributed by atoms with Crippen LogP contribution in [-0.2, 0) is 14.3 Å². The maximum absolute atomic E-state index is 11.9. The minimum Gasteiger partial charge on any atom is -0.383 e. The van der Waals surface area contributed by atoms with Crippen molar-refractivity contribution in [2.75, 3.05) is 73.2 Å². The first-order valence-corrected chi connectivity index (χ1v) is 9.85. The molecule has 1 rings (SSSR count). The number of carbonyl (C=O) groups is 1. The van der Waals surface area contributed by atoms with Gasteiger partial charge in [-0.1, -0.05) is 20.8 Å². The summed E-state index contributed by atoms with van der Waals surface area (Å²) in [5.41, 5.74) is 0.0461. The number of nitrogens with zero attached hydrogens (tertiary/aromatic N) is 3. The SMILES string of the molecule is CCNC(=NCC(OC)C(C)(C)C)N1CCN(CC(=O)NCCOC)CC1. The van der Waals surface area contributed by atoms with Gasteiger partial charge in [0.25, 0.3) is 0 Å². The minimum absolute atomic E-state index is 0.0461. The van der Waals surface area contributed by atoms with E-state index in [0.717, 1.165) is 38.7 Å². The van der Waals surface area contributed by atoms with Crippen molar-refractivity contribution in [2.45, 2.75) is 33.8 Å². The van der Waals surface area contributed by atoms with Gasteiger partial charge in [0, 0.05) is 53.5 Å². The first-order chi connectivity index (χ1) is 12.8. The van der Waals surface area contributed by atoms with Gasteiger partial charge in [0.15, 0.2) is 5.96 Å². The number of hydrogen-bond donors (Lipinski definition) is 2. The quantitative estimate of drug-likeness (QED) is 0.340. The number of methoxy groups -OCH3 is 2. The summed E-state index contributed by atoms with van der Waals surface area (Å²) in [6.07, 6.45) is 0.0724. The summed E-state index contributed by atoms with van der Waals surface area (Å²) in [5, 5.41) is 6.25. The molecular formula is C19H39N5O3. The van der Waals surface area contributed by atoms with Gasteiger partial charge in [0.05, 0.1) is 25.8 Å². The number of rotatable bonds is 9. The molecule has 1 aliphatic rings. The van der Waals surface area contributed by atoms with Crippen molar-refractivity contribution in [3.8, 4) is 0 Å². The van der Waals surface area contributed by atoms with Crippen LogP contribution in [0.1, 0.15) is 27.7 Å². The fourth-order valence-electron chi connectivity index (χ4n) is 2.97. The first-order valence-electron chi connectivity index (χ1n) is 9.85. The topological polar surface area (TPSA) is 78.4 Å². The third kappa shape index (κ3) is 8.90. The van der Waals surface area contributed by atoms with Gasteiger partial charge in [-0.25, -0.2) is 0 Å². The Morgan fingerprint density at radius 3 is 2.33 bits per heavy atom. The van der Waals surface area contributed by atoms with Crippen LogP contribution < -0.4 is 10.6 Å². The predicted octanol–water partition coefficient (Wildman–Crippen LogP) is 0.393. The van der Waals surface area contributed by atoms with Crippen LogP contribution in [0.4, 0.5) is 0 Å². The molecule has 0 aliphatic carbocycles. The smallest absolute Gasteiger partial charge is 0.234 e. The number of piperazine rings is 1. The average Bonchev–Trinajstić information content (AvgIpc) is 2.61. The third-order valence-corrected chi connectivity index (χ3v) is 4.66. The van der Waals surface area contributed by atoms with Crippen molar-refractivity contribution < 1.29 is 14.3 Å². The molecule has 0 aromatic rings. The number of aliphatic imine (C=N–C) groups is 1. The number of amides is 1. The molecule has 8 heteroatoms. The molecule has 158 valence electrons. The van der Waals surface area contributed by atoms with Gasteiger partial charge in [-0.3, -0.25) is 14.7 Å². The molecule has 1 saturated heterocycles. The summed E-state index contributed by atoms with van der Waals surface area (Å²) in [6, 6.07) is 0. The molecule has 2 N–H and O–H groups in total. The van der Waals surface area contributed by atoms with Crippen molar-refractivity contribution in [1.29, 1.82) is 0 Å². The highest BCUT2D eigenvalue weighted by Crippen LogP contribution is 2.22. The molecule has 1 fully saturated rings. The summed E-state index contributed by atoms with van der Waals surface area (Å²) in [5.74, 6) is 0.974. The average molecular weight is 386 g/mol. The lowest BCUT2D eigenvalue weighted by Gasteiger charge is -2.36. The molecule has 0 aromatic carbocycles.